The fourth-order valence-corrected chi connectivity index (χ4v) is 2.69. The number of phenols is 3. The Hall–Kier alpha value is -3.64. The fraction of sp³-hybridized carbons (Fsp3) is 0.0476. The Kier molecular flexibility index (Phi) is 5.19. The summed E-state index contributed by atoms with van der Waals surface area (Å²) in [5.41, 5.74) is 1.15. The SMILES string of the molecule is C[NH+](N=C(c1ccccc1O)c1ccccc1O)C(=O)c1ccccc1O. The van der Waals surface area contributed by atoms with Crippen molar-refractivity contribution in [3.05, 3.63) is 89.5 Å². The number of para-hydroxylation sites is 3. The lowest BCUT2D eigenvalue weighted by Gasteiger charge is -2.12. The first-order valence-corrected chi connectivity index (χ1v) is 8.30. The van der Waals surface area contributed by atoms with Gasteiger partial charge in [-0.3, -0.25) is 0 Å². The lowest BCUT2D eigenvalue weighted by molar-refractivity contribution is -0.798. The van der Waals surface area contributed by atoms with Crippen LogP contribution in [-0.2, 0) is 0 Å². The molecule has 3 rings (SSSR count). The van der Waals surface area contributed by atoms with Crippen molar-refractivity contribution >= 4 is 11.6 Å². The number of amides is 1. The predicted octanol–water partition coefficient (Wildman–Crippen LogP) is 1.91. The molecule has 27 heavy (non-hydrogen) atoms. The third kappa shape index (κ3) is 3.80. The molecule has 6 nitrogen and oxygen atoms in total. The first-order chi connectivity index (χ1) is 13.0. The van der Waals surface area contributed by atoms with Gasteiger partial charge in [0.25, 0.3) is 0 Å². The zero-order valence-corrected chi connectivity index (χ0v) is 14.6. The molecule has 6 heteroatoms. The van der Waals surface area contributed by atoms with Crippen LogP contribution in [0.15, 0.2) is 77.9 Å². The minimum absolute atomic E-state index is 0.0256. The number of carbonyl (C=O) groups excluding carboxylic acids is 1. The molecule has 1 unspecified atom stereocenters. The van der Waals surface area contributed by atoms with Gasteiger partial charge in [-0.05, 0) is 36.4 Å². The maximum absolute atomic E-state index is 12.7. The normalized spacial score (nSPS) is 11.6. The number of aromatic hydroxyl groups is 3. The van der Waals surface area contributed by atoms with Crippen LogP contribution in [0.3, 0.4) is 0 Å². The fourth-order valence-electron chi connectivity index (χ4n) is 2.69. The van der Waals surface area contributed by atoms with Crippen molar-refractivity contribution in [2.75, 3.05) is 7.05 Å². The first kappa shape index (κ1) is 18.2. The van der Waals surface area contributed by atoms with E-state index in [4.69, 9.17) is 0 Å². The molecule has 0 spiro atoms. The predicted molar refractivity (Wildman–Crippen MR) is 101 cm³/mol. The lowest BCUT2D eigenvalue weighted by atomic mass is 10.0. The van der Waals surface area contributed by atoms with E-state index in [-0.39, 0.29) is 33.5 Å². The number of nitrogens with one attached hydrogen (secondary N) is 1. The minimum Gasteiger partial charge on any atom is -0.507 e. The molecule has 0 saturated heterocycles. The van der Waals surface area contributed by atoms with Crippen LogP contribution in [0.2, 0.25) is 0 Å². The molecule has 0 bridgehead atoms. The molecule has 0 heterocycles. The number of benzene rings is 3. The van der Waals surface area contributed by atoms with Crippen LogP contribution >= 0.6 is 0 Å². The summed E-state index contributed by atoms with van der Waals surface area (Å²) in [5.74, 6) is -0.634. The minimum atomic E-state index is -0.448. The highest BCUT2D eigenvalue weighted by Gasteiger charge is 2.24. The van der Waals surface area contributed by atoms with Crippen LogP contribution in [-0.4, -0.2) is 34.0 Å². The van der Waals surface area contributed by atoms with Crippen molar-refractivity contribution in [2.45, 2.75) is 0 Å². The zero-order valence-electron chi connectivity index (χ0n) is 14.6. The van der Waals surface area contributed by atoms with Gasteiger partial charge < -0.3 is 15.3 Å². The summed E-state index contributed by atoms with van der Waals surface area (Å²) in [6.45, 7) is 0. The van der Waals surface area contributed by atoms with Gasteiger partial charge >= 0.3 is 5.91 Å². The largest absolute Gasteiger partial charge is 0.507 e. The Balaban J connectivity index is 2.11. The Bertz CT molecular complexity index is 967. The highest BCUT2D eigenvalue weighted by molar-refractivity contribution is 6.15. The Labute approximate surface area is 156 Å². The van der Waals surface area contributed by atoms with Gasteiger partial charge in [0.2, 0.25) is 0 Å². The van der Waals surface area contributed by atoms with E-state index in [1.165, 1.54) is 31.3 Å². The number of hydrogen-bond donors (Lipinski definition) is 4. The van der Waals surface area contributed by atoms with Gasteiger partial charge in [0.05, 0.1) is 7.05 Å². The standard InChI is InChI=1S/C21H18N2O4/c1-23(21(27)16-10-4-7-13-19(16)26)22-20(14-8-2-5-11-17(14)24)15-9-3-6-12-18(15)25/h2-13,24-26H,1H3/p+1. The summed E-state index contributed by atoms with van der Waals surface area (Å²) in [5, 5.41) is 34.9. The number of nitrogens with zero attached hydrogens (tertiary/aromatic N) is 1. The summed E-state index contributed by atoms with van der Waals surface area (Å²) in [6.07, 6.45) is 0. The van der Waals surface area contributed by atoms with Crippen LogP contribution in [0.1, 0.15) is 21.5 Å². The Morgan fingerprint density at radius 2 is 1.07 bits per heavy atom. The summed E-state index contributed by atoms with van der Waals surface area (Å²) < 4.78 is 0. The smallest absolute Gasteiger partial charge is 0.373 e. The van der Waals surface area contributed by atoms with Crippen LogP contribution in [0.5, 0.6) is 17.2 Å². The number of quaternary nitrogens is 1. The molecule has 1 amide bonds. The molecular formula is C21H19N2O4+. The summed E-state index contributed by atoms with van der Waals surface area (Å²) >= 11 is 0. The van der Waals surface area contributed by atoms with Gasteiger partial charge in [-0.15, -0.1) is 5.01 Å². The molecule has 0 aliphatic rings. The average molecular weight is 363 g/mol. The number of rotatable bonds is 4. The zero-order chi connectivity index (χ0) is 19.4. The van der Waals surface area contributed by atoms with Crippen molar-refractivity contribution in [2.24, 2.45) is 5.10 Å². The Morgan fingerprint density at radius 1 is 0.704 bits per heavy atom. The van der Waals surface area contributed by atoms with Gasteiger partial charge in [-0.2, -0.15) is 0 Å². The third-order valence-corrected chi connectivity index (χ3v) is 4.08. The second-order valence-corrected chi connectivity index (χ2v) is 5.93. The van der Waals surface area contributed by atoms with Crippen molar-refractivity contribution in [1.82, 2.24) is 0 Å². The molecule has 136 valence electrons. The monoisotopic (exact) mass is 363 g/mol. The summed E-state index contributed by atoms with van der Waals surface area (Å²) in [4.78, 5) is 12.7. The molecule has 0 radical (unpaired) electrons. The topological polar surface area (TPSA) is 94.6 Å². The van der Waals surface area contributed by atoms with Crippen LogP contribution in [0.25, 0.3) is 0 Å². The molecule has 0 aromatic heterocycles. The van der Waals surface area contributed by atoms with Gasteiger partial charge in [0.15, 0.2) is 0 Å². The van der Waals surface area contributed by atoms with E-state index in [2.05, 4.69) is 5.10 Å². The van der Waals surface area contributed by atoms with Gasteiger partial charge in [0.1, 0.15) is 28.5 Å². The average Bonchev–Trinajstić information content (AvgIpc) is 2.67. The summed E-state index contributed by atoms with van der Waals surface area (Å²) in [6, 6.07) is 19.3. The number of carbonyl (C=O) groups is 1. The van der Waals surface area contributed by atoms with E-state index in [0.717, 1.165) is 0 Å². The molecule has 0 fully saturated rings. The molecule has 3 aromatic carbocycles. The van der Waals surface area contributed by atoms with E-state index >= 15 is 0 Å². The van der Waals surface area contributed by atoms with Gasteiger partial charge in [-0.25, -0.2) is 4.79 Å². The molecule has 1 atom stereocenters. The second-order valence-electron chi connectivity index (χ2n) is 5.93. The third-order valence-electron chi connectivity index (χ3n) is 4.08. The maximum Gasteiger partial charge on any atom is 0.373 e. The van der Waals surface area contributed by atoms with Crippen molar-refractivity contribution < 1.29 is 25.1 Å². The van der Waals surface area contributed by atoms with E-state index in [9.17, 15) is 20.1 Å². The van der Waals surface area contributed by atoms with Gasteiger partial charge in [-0.1, -0.05) is 41.5 Å². The number of hydrogen-bond acceptors (Lipinski definition) is 5. The van der Waals surface area contributed by atoms with Gasteiger partial charge in [0, 0.05) is 11.1 Å². The molecule has 0 aliphatic heterocycles. The number of phenolic OH excluding ortho intramolecular Hbond substituents is 3. The van der Waals surface area contributed by atoms with Crippen LogP contribution < -0.4 is 5.01 Å². The highest BCUT2D eigenvalue weighted by atomic mass is 16.3. The van der Waals surface area contributed by atoms with Crippen molar-refractivity contribution in [3.63, 3.8) is 0 Å². The first-order valence-electron chi connectivity index (χ1n) is 8.30. The maximum atomic E-state index is 12.7. The van der Waals surface area contributed by atoms with Crippen molar-refractivity contribution in [1.29, 1.82) is 0 Å². The lowest BCUT2D eigenvalue weighted by Crippen LogP contribution is -3.07. The molecule has 3 aromatic rings. The second kappa shape index (κ2) is 7.72. The van der Waals surface area contributed by atoms with Crippen molar-refractivity contribution in [3.8, 4) is 17.2 Å². The highest BCUT2D eigenvalue weighted by Crippen LogP contribution is 2.25. The van der Waals surface area contributed by atoms with E-state index in [1.54, 1.807) is 48.5 Å². The van der Waals surface area contributed by atoms with E-state index in [1.807, 2.05) is 0 Å². The van der Waals surface area contributed by atoms with Crippen LogP contribution in [0, 0.1) is 0 Å². The molecule has 0 aliphatic carbocycles. The van der Waals surface area contributed by atoms with E-state index in [0.29, 0.717) is 11.1 Å². The molecular weight excluding hydrogens is 344 g/mol. The Morgan fingerprint density at radius 3 is 1.48 bits per heavy atom. The van der Waals surface area contributed by atoms with Crippen LogP contribution in [0.4, 0.5) is 0 Å². The quantitative estimate of drug-likeness (QED) is 0.421. The molecule has 0 saturated carbocycles. The molecule has 4 N–H and O–H groups in total. The van der Waals surface area contributed by atoms with E-state index < -0.39 is 5.91 Å². The summed E-state index contributed by atoms with van der Waals surface area (Å²) in [7, 11) is 1.52.